The van der Waals surface area contributed by atoms with Crippen LogP contribution in [-0.2, 0) is 42.9 Å². The lowest BCUT2D eigenvalue weighted by Gasteiger charge is -2.18. The van der Waals surface area contributed by atoms with E-state index in [0.29, 0.717) is 38.5 Å². The maximum atomic E-state index is 12.8. The van der Waals surface area contributed by atoms with Gasteiger partial charge in [-0.2, -0.15) is 0 Å². The smallest absolute Gasteiger partial charge is 0.465 e. The van der Waals surface area contributed by atoms with Crippen molar-refractivity contribution < 1.29 is 57.3 Å². The van der Waals surface area contributed by atoms with Crippen molar-refractivity contribution in [3.63, 3.8) is 0 Å². The fourth-order valence-electron chi connectivity index (χ4n) is 9.07. The van der Waals surface area contributed by atoms with E-state index in [1.54, 1.807) is 0 Å². The first-order chi connectivity index (χ1) is 36.5. The number of rotatable bonds is 52. The van der Waals surface area contributed by atoms with E-state index in [1.165, 1.54) is 153 Å². The molecule has 0 atom stereocenters. The molecule has 75 heavy (non-hydrogen) atoms. The molecule has 0 aliphatic rings. The Balaban J connectivity index is 2.56. The molecule has 0 unspecified atom stereocenters. The van der Waals surface area contributed by atoms with E-state index in [2.05, 4.69) is 27.7 Å². The quantitative estimate of drug-likeness (QED) is 0.0150. The van der Waals surface area contributed by atoms with Crippen LogP contribution < -0.4 is 4.74 Å². The molecule has 0 fully saturated rings. The van der Waals surface area contributed by atoms with Gasteiger partial charge in [0, 0.05) is 37.8 Å². The minimum atomic E-state index is -1.07. The Morgan fingerprint density at radius 3 is 1.03 bits per heavy atom. The Bertz CT molecular complexity index is 1480. The van der Waals surface area contributed by atoms with Gasteiger partial charge in [0.1, 0.15) is 37.8 Å². The Kier molecular flexibility index (Phi) is 45.3. The Morgan fingerprint density at radius 1 is 0.400 bits per heavy atom. The molecular formula is C61H105NO13. The number of non-ortho nitro benzene ring substituents is 1. The zero-order chi connectivity index (χ0) is 54.8. The Hall–Kier alpha value is -4.23. The first kappa shape index (κ1) is 68.8. The van der Waals surface area contributed by atoms with Gasteiger partial charge in [0.15, 0.2) is 0 Å². The summed E-state index contributed by atoms with van der Waals surface area (Å²) in [4.78, 5) is 74.2. The fourth-order valence-corrected chi connectivity index (χ4v) is 9.07. The van der Waals surface area contributed by atoms with E-state index in [9.17, 15) is 34.1 Å². The molecule has 14 heteroatoms. The molecule has 0 aliphatic carbocycles. The van der Waals surface area contributed by atoms with Gasteiger partial charge in [-0.1, -0.05) is 182 Å². The number of nitro groups is 1. The summed E-state index contributed by atoms with van der Waals surface area (Å²) in [5.74, 6) is -1.81. The number of unbranched alkanes of at least 4 members (excludes halogenated alkanes) is 26. The third-order valence-corrected chi connectivity index (χ3v) is 13.8. The number of hydrogen-bond donors (Lipinski definition) is 0. The molecule has 0 aliphatic heterocycles. The van der Waals surface area contributed by atoms with Crippen molar-refractivity contribution in [2.45, 2.75) is 297 Å². The van der Waals surface area contributed by atoms with E-state index in [1.807, 2.05) is 0 Å². The van der Waals surface area contributed by atoms with Crippen molar-refractivity contribution in [3.8, 4) is 5.75 Å². The van der Waals surface area contributed by atoms with Crippen LogP contribution in [0.2, 0.25) is 0 Å². The number of hydrogen-bond acceptors (Lipinski definition) is 13. The second-order valence-corrected chi connectivity index (χ2v) is 20.9. The predicted molar refractivity (Wildman–Crippen MR) is 298 cm³/mol. The van der Waals surface area contributed by atoms with Crippen molar-refractivity contribution in [1.82, 2.24) is 0 Å². The maximum absolute atomic E-state index is 12.8. The van der Waals surface area contributed by atoms with Gasteiger partial charge in [-0.15, -0.1) is 0 Å². The number of nitrogens with zero attached hydrogens (tertiary/aromatic N) is 1. The number of benzene rings is 1. The second kappa shape index (κ2) is 49.3. The van der Waals surface area contributed by atoms with Crippen LogP contribution in [0.1, 0.15) is 285 Å². The monoisotopic (exact) mass is 1060 g/mol. The summed E-state index contributed by atoms with van der Waals surface area (Å²) in [7, 11) is 0. The lowest BCUT2D eigenvalue weighted by molar-refractivity contribution is -0.384. The van der Waals surface area contributed by atoms with Crippen LogP contribution in [0.5, 0.6) is 5.75 Å². The molecule has 1 aromatic rings. The first-order valence-electron chi connectivity index (χ1n) is 30.3. The highest BCUT2D eigenvalue weighted by atomic mass is 16.7. The highest BCUT2D eigenvalue weighted by molar-refractivity contribution is 5.70. The van der Waals surface area contributed by atoms with Crippen LogP contribution in [0.3, 0.4) is 0 Å². The molecule has 0 heterocycles. The molecule has 0 amide bonds. The molecule has 0 aromatic heterocycles. The van der Waals surface area contributed by atoms with Crippen molar-refractivity contribution >= 4 is 35.7 Å². The third kappa shape index (κ3) is 42.6. The average molecular weight is 1060 g/mol. The number of esters is 4. The van der Waals surface area contributed by atoms with Crippen LogP contribution in [-0.4, -0.2) is 67.0 Å². The van der Waals surface area contributed by atoms with Crippen LogP contribution in [0.15, 0.2) is 24.3 Å². The van der Waals surface area contributed by atoms with Gasteiger partial charge in [-0.05, 0) is 89.2 Å². The molecule has 0 saturated carbocycles. The molecule has 432 valence electrons. The van der Waals surface area contributed by atoms with Gasteiger partial charge in [0.05, 0.1) is 10.8 Å². The van der Waals surface area contributed by atoms with Crippen molar-refractivity contribution in [2.24, 2.45) is 5.92 Å². The summed E-state index contributed by atoms with van der Waals surface area (Å²) in [6.45, 7) is 8.26. The first-order valence-corrected chi connectivity index (χ1v) is 30.3. The summed E-state index contributed by atoms with van der Waals surface area (Å²) in [5, 5.41) is 11.0. The molecule has 0 radical (unpaired) electrons. The minimum Gasteiger partial charge on any atom is -0.465 e. The average Bonchev–Trinajstić information content (AvgIpc) is 3.39. The number of nitro benzene ring substituents is 1. The van der Waals surface area contributed by atoms with Gasteiger partial charge in [-0.3, -0.25) is 29.3 Å². The SMILES string of the molecule is CCCCCCCCC(CCCCCCCC)OC(=O)CCCCCCC(=O)OCC(COC(=O)CCCCCCC(=O)OC(CCCCCCCC)CCCCCCCC)COC(=O)Oc1ccc([N+](=O)[O-])cc1. The summed E-state index contributed by atoms with van der Waals surface area (Å²) in [6, 6.07) is 4.94. The summed E-state index contributed by atoms with van der Waals surface area (Å²) in [6.07, 6.45) is 38.2. The fraction of sp³-hybridized carbons (Fsp3) is 0.820. The van der Waals surface area contributed by atoms with Gasteiger partial charge in [0.25, 0.3) is 5.69 Å². The molecule has 0 spiro atoms. The summed E-state index contributed by atoms with van der Waals surface area (Å²) < 4.78 is 33.5. The van der Waals surface area contributed by atoms with Crippen LogP contribution in [0.25, 0.3) is 0 Å². The van der Waals surface area contributed by atoms with E-state index in [0.717, 1.165) is 77.0 Å². The molecule has 1 rings (SSSR count). The van der Waals surface area contributed by atoms with Gasteiger partial charge in [-0.25, -0.2) is 4.79 Å². The van der Waals surface area contributed by atoms with Gasteiger partial charge in [0.2, 0.25) is 0 Å². The lowest BCUT2D eigenvalue weighted by atomic mass is 10.0. The molecule has 14 nitrogen and oxygen atoms in total. The number of carbonyl (C=O) groups is 5. The van der Waals surface area contributed by atoms with Crippen LogP contribution in [0, 0.1) is 16.0 Å². The molecule has 0 bridgehead atoms. The third-order valence-electron chi connectivity index (χ3n) is 13.8. The summed E-state index contributed by atoms with van der Waals surface area (Å²) in [5.41, 5.74) is -0.165. The minimum absolute atomic E-state index is 0.0137. The van der Waals surface area contributed by atoms with Gasteiger partial charge >= 0.3 is 30.0 Å². The predicted octanol–water partition coefficient (Wildman–Crippen LogP) is 17.3. The second-order valence-electron chi connectivity index (χ2n) is 20.9. The standard InChI is InChI=1S/C61H105NO13/c1-5-9-13-17-21-29-37-54(38-30-22-18-14-10-6-2)73-59(65)43-35-27-25-33-41-57(63)70-49-52(51-72-61(67)75-56-47-45-53(46-48-56)62(68)69)50-71-58(64)42-34-26-28-36-44-60(66)74-55(39-31-23-19-15-11-7-3)40-32-24-20-16-12-8-4/h45-48,52,54-55H,5-44,49-51H2,1-4H3. The van der Waals surface area contributed by atoms with Crippen molar-refractivity contribution in [1.29, 1.82) is 0 Å². The zero-order valence-electron chi connectivity index (χ0n) is 47.7. The Labute approximate surface area is 454 Å². The number of ether oxygens (including phenoxy) is 6. The van der Waals surface area contributed by atoms with Crippen LogP contribution in [0.4, 0.5) is 10.5 Å². The summed E-state index contributed by atoms with van der Waals surface area (Å²) >= 11 is 0. The molecule has 1 aromatic carbocycles. The topological polar surface area (TPSA) is 184 Å². The Morgan fingerprint density at radius 2 is 0.693 bits per heavy atom. The van der Waals surface area contributed by atoms with Crippen molar-refractivity contribution in [3.05, 3.63) is 34.4 Å². The highest BCUT2D eigenvalue weighted by Gasteiger charge is 2.20. The van der Waals surface area contributed by atoms with Gasteiger partial charge < -0.3 is 28.4 Å². The van der Waals surface area contributed by atoms with E-state index < -0.39 is 28.9 Å². The molecule has 0 saturated heterocycles. The largest absolute Gasteiger partial charge is 0.513 e. The zero-order valence-corrected chi connectivity index (χ0v) is 47.7. The van der Waals surface area contributed by atoms with Crippen molar-refractivity contribution in [2.75, 3.05) is 19.8 Å². The highest BCUT2D eigenvalue weighted by Crippen LogP contribution is 2.22. The van der Waals surface area contributed by atoms with E-state index in [-0.39, 0.29) is 68.2 Å². The lowest BCUT2D eigenvalue weighted by Crippen LogP contribution is -2.27. The van der Waals surface area contributed by atoms with E-state index in [4.69, 9.17) is 28.4 Å². The van der Waals surface area contributed by atoms with E-state index >= 15 is 0 Å². The molecule has 0 N–H and O–H groups in total. The maximum Gasteiger partial charge on any atom is 0.513 e. The van der Waals surface area contributed by atoms with Crippen LogP contribution >= 0.6 is 0 Å². The molecular weight excluding hydrogens is 955 g/mol. The number of carbonyl (C=O) groups excluding carboxylic acids is 5. The normalized spacial score (nSPS) is 11.3.